The van der Waals surface area contributed by atoms with Crippen molar-refractivity contribution in [3.8, 4) is 0 Å². The number of fused-ring (bicyclic) bond motifs is 8. The zero-order valence-corrected chi connectivity index (χ0v) is 48.5. The number of H-pyrrole nitrogens is 2. The van der Waals surface area contributed by atoms with Crippen molar-refractivity contribution in [1.29, 1.82) is 0 Å². The van der Waals surface area contributed by atoms with Gasteiger partial charge in [-0.3, -0.25) is 9.79 Å². The van der Waals surface area contributed by atoms with Gasteiger partial charge in [-0.2, -0.15) is 0 Å². The Balaban J connectivity index is 0.00000253. The number of carbonyl (C=O) groups excluding carboxylic acids is 4. The smallest absolute Gasteiger partial charge is 0.858 e. The standard InChI is InChI=1S/C54H40N6O10.4Na/c61-49(31-21-33(51(63)64)25-34(22-31)52(65)66)59-45(19-29-7-3-1-4-8-29)47-41-15-11-37(55-41)27-39-13-17-43(57-39)48(44-18-14-40(58-44)28-38-12-16-42(47)56-38)46(20-30-9-5-2-6-10-30)60-50(62)32-23-35(53(67)68)26-36(24-32)54(69)70;;;;/h1-18,21-28,45-46,55-56H,19-20H2,(H,59,61)(H,60,62)(H,63,64)(H,65,66)(H,67,68)(H,69,70);;;;/q;4*+1/p-4/t45-,46-;;;;/m1..../s1. The first kappa shape index (κ1) is 59.2. The number of amides is 1. The van der Waals surface area contributed by atoms with Crippen LogP contribution in [0.25, 0.3) is 46.4 Å². The summed E-state index contributed by atoms with van der Waals surface area (Å²) in [6.07, 6.45) is 7.47. The molecule has 74 heavy (non-hydrogen) atoms. The Labute approximate surface area is 511 Å². The van der Waals surface area contributed by atoms with Crippen LogP contribution in [-0.2, 0) is 12.8 Å². The molecule has 0 unspecified atom stereocenters. The molecule has 0 spiro atoms. The molecule has 1 amide bonds. The molecule has 2 aliphatic rings. The van der Waals surface area contributed by atoms with E-state index in [4.69, 9.17) is 9.97 Å². The van der Waals surface area contributed by atoms with Gasteiger partial charge in [-0.15, -0.1) is 0 Å². The third kappa shape index (κ3) is 14.0. The van der Waals surface area contributed by atoms with E-state index >= 15 is 0 Å². The maximum atomic E-state index is 14.2. The summed E-state index contributed by atoms with van der Waals surface area (Å²) < 4.78 is 0. The van der Waals surface area contributed by atoms with Crippen LogP contribution in [0, 0.1) is 0 Å². The van der Waals surface area contributed by atoms with Gasteiger partial charge in [-0.1, -0.05) is 60.7 Å². The Bertz CT molecular complexity index is 3400. The number of rotatable bonds is 14. The predicted molar refractivity (Wildman–Crippen MR) is 251 cm³/mol. The van der Waals surface area contributed by atoms with Crippen LogP contribution in [0.5, 0.6) is 0 Å². The summed E-state index contributed by atoms with van der Waals surface area (Å²) in [4.78, 5) is 83.2. The molecule has 0 aliphatic carbocycles. The van der Waals surface area contributed by atoms with Gasteiger partial charge in [0.2, 0.25) is 0 Å². The van der Waals surface area contributed by atoms with Gasteiger partial charge in [0.1, 0.15) is 0 Å². The van der Waals surface area contributed by atoms with E-state index in [1.165, 1.54) is 0 Å². The summed E-state index contributed by atoms with van der Waals surface area (Å²) in [7, 11) is 0. The molecule has 20 heteroatoms. The molecule has 2 atom stereocenters. The summed E-state index contributed by atoms with van der Waals surface area (Å²) in [5.41, 5.74) is 4.46. The van der Waals surface area contributed by atoms with Crippen molar-refractivity contribution in [2.45, 2.75) is 24.9 Å². The Morgan fingerprint density at radius 3 is 1.42 bits per heavy atom. The summed E-state index contributed by atoms with van der Waals surface area (Å²) in [5, 5.41) is 62.5. The quantitative estimate of drug-likeness (QED) is 0.0450. The van der Waals surface area contributed by atoms with E-state index in [2.05, 4.69) is 20.3 Å². The van der Waals surface area contributed by atoms with Crippen LogP contribution in [0.15, 0.2) is 138 Å². The molecule has 0 saturated carbocycles. The molecule has 5 heterocycles. The fourth-order valence-corrected chi connectivity index (χ4v) is 8.40. The number of nitrogens with zero attached hydrogens (tertiary/aromatic N) is 3. The number of hydrogen-bond donors (Lipinski definition) is 4. The van der Waals surface area contributed by atoms with Gasteiger partial charge < -0.3 is 55.2 Å². The molecule has 0 radical (unpaired) electrons. The van der Waals surface area contributed by atoms with Gasteiger partial charge in [-0.05, 0) is 149 Å². The van der Waals surface area contributed by atoms with Crippen molar-refractivity contribution in [3.05, 3.63) is 212 Å². The van der Waals surface area contributed by atoms with Gasteiger partial charge >= 0.3 is 124 Å². The third-order valence-electron chi connectivity index (χ3n) is 11.6. The number of aromatic amines is 2. The van der Waals surface area contributed by atoms with E-state index in [1.807, 2.05) is 84.9 Å². The number of carbonyl (C=O) groups is 5. The van der Waals surface area contributed by atoms with Crippen LogP contribution < -0.4 is 144 Å². The summed E-state index contributed by atoms with van der Waals surface area (Å²) in [6, 6.07) is 33.6. The van der Waals surface area contributed by atoms with Crippen molar-refractivity contribution in [1.82, 2.24) is 25.3 Å². The zero-order chi connectivity index (χ0) is 49.1. The molecule has 7 aromatic rings. The Kier molecular flexibility index (Phi) is 20.9. The van der Waals surface area contributed by atoms with Crippen LogP contribution >= 0.6 is 0 Å². The molecule has 16 nitrogen and oxygen atoms in total. The van der Waals surface area contributed by atoms with Crippen LogP contribution in [0.4, 0.5) is 0 Å². The second-order valence-corrected chi connectivity index (χ2v) is 16.4. The maximum absolute atomic E-state index is 14.2. The second-order valence-electron chi connectivity index (χ2n) is 16.4. The van der Waals surface area contributed by atoms with Crippen LogP contribution in [0.3, 0.4) is 0 Å². The first-order chi connectivity index (χ1) is 33.7. The van der Waals surface area contributed by atoms with E-state index in [9.17, 15) is 49.5 Å². The van der Waals surface area contributed by atoms with Gasteiger partial charge in [0, 0.05) is 38.8 Å². The molecule has 4 N–H and O–H groups in total. The number of carboxylic acid groups (broad SMARTS) is 4. The minimum absolute atomic E-state index is 0. The summed E-state index contributed by atoms with van der Waals surface area (Å²) in [6.45, 7) is 0. The molecule has 8 bridgehead atoms. The molecule has 9 rings (SSSR count). The number of benzene rings is 4. The SMILES string of the molecule is O=C([O-])c1cc(C(=O)O)cc(C(=O)N[C@H](Cc2ccccc2)c2c3ccc(cc4nc(c([C@@H](Cc5ccccc5)N=C([O-])c5cc(C(=O)[O-])cc(C(=O)[O-])c5)c5nc(cc6ccc2[nH]6)C=C5)C=C4)[nH]3)c1.[Na+].[Na+].[Na+].[Na+]. The summed E-state index contributed by atoms with van der Waals surface area (Å²) >= 11 is 0. The van der Waals surface area contributed by atoms with E-state index in [-0.39, 0.29) is 142 Å². The largest absolute Gasteiger partial charge is 1.00 e. The Morgan fingerprint density at radius 2 is 0.946 bits per heavy atom. The number of aromatic nitrogens is 4. The van der Waals surface area contributed by atoms with E-state index in [1.54, 1.807) is 36.4 Å². The monoisotopic (exact) mass is 1020 g/mol. The van der Waals surface area contributed by atoms with E-state index in [0.29, 0.717) is 56.0 Å². The number of nitrogens with one attached hydrogen (secondary N) is 3. The Hall–Kier alpha value is -5.70. The molecule has 3 aromatic heterocycles. The molecule has 0 saturated heterocycles. The predicted octanol–water partition coefficient (Wildman–Crippen LogP) is -7.74. The molecule has 4 aromatic carbocycles. The molecule has 2 aliphatic heterocycles. The average molecular weight is 1020 g/mol. The van der Waals surface area contributed by atoms with Gasteiger partial charge in [-0.25, -0.2) is 14.8 Å². The third-order valence-corrected chi connectivity index (χ3v) is 11.6. The van der Waals surface area contributed by atoms with Crippen molar-refractivity contribution in [3.63, 3.8) is 0 Å². The second kappa shape index (κ2) is 26.2. The number of aromatic carboxylic acids is 4. The van der Waals surface area contributed by atoms with E-state index in [0.717, 1.165) is 47.5 Å². The fraction of sp³-hybridized carbons (Fsp3) is 0.0741. The van der Waals surface area contributed by atoms with Crippen molar-refractivity contribution < 1.29 is 168 Å². The first-order valence-corrected chi connectivity index (χ1v) is 21.7. The maximum Gasteiger partial charge on any atom is 1.00 e. The van der Waals surface area contributed by atoms with Crippen molar-refractivity contribution >= 4 is 82.1 Å². The fourth-order valence-electron chi connectivity index (χ4n) is 8.40. The molecular weight excluding hydrogens is 985 g/mol. The normalized spacial score (nSPS) is 12.1. The summed E-state index contributed by atoms with van der Waals surface area (Å²) in [5.74, 6) is -8.07. The van der Waals surface area contributed by atoms with Gasteiger partial charge in [0.05, 0.1) is 58.3 Å². The minimum Gasteiger partial charge on any atom is -0.858 e. The number of carboxylic acids is 4. The van der Waals surface area contributed by atoms with Gasteiger partial charge in [0.25, 0.3) is 5.91 Å². The van der Waals surface area contributed by atoms with E-state index < -0.39 is 70.0 Å². The van der Waals surface area contributed by atoms with Crippen LogP contribution in [0.2, 0.25) is 0 Å². The molecular formula is C54H36N6Na4O10. The van der Waals surface area contributed by atoms with Crippen LogP contribution in [0.1, 0.15) is 114 Å². The van der Waals surface area contributed by atoms with Crippen molar-refractivity contribution in [2.24, 2.45) is 4.99 Å². The van der Waals surface area contributed by atoms with Crippen molar-refractivity contribution in [2.75, 3.05) is 0 Å². The molecule has 0 fully saturated rings. The molecule has 346 valence electrons. The van der Waals surface area contributed by atoms with Crippen LogP contribution in [-0.4, -0.2) is 60.7 Å². The van der Waals surface area contributed by atoms with Gasteiger partial charge in [0.15, 0.2) is 0 Å². The topological polar surface area (TPSA) is 280 Å². The average Bonchev–Trinajstić information content (AvgIpc) is 4.20. The zero-order valence-electron chi connectivity index (χ0n) is 40.5. The Morgan fingerprint density at radius 1 is 0.514 bits per heavy atom. The number of aliphatic imine (C=N–C) groups is 1. The first-order valence-electron chi connectivity index (χ1n) is 21.7. The minimum atomic E-state index is -1.69. The number of hydrogen-bond acceptors (Lipinski definition) is 12.